The smallest absolute Gasteiger partial charge is 0 e. The molecule has 0 saturated carbocycles. The van der Waals surface area contributed by atoms with Crippen molar-refractivity contribution in [1.82, 2.24) is 0 Å². The van der Waals surface area contributed by atoms with Crippen molar-refractivity contribution in [3.8, 4) is 0 Å². The molecule has 0 heterocycles. The zero-order valence-electron chi connectivity index (χ0n) is 2.90. The van der Waals surface area contributed by atoms with Crippen molar-refractivity contribution in [3.63, 3.8) is 0 Å². The molecule has 0 N–H and O–H groups in total. The molecule has 3 radical (unpaired) electrons. The Bertz CT molecular complexity index is 8.49. The van der Waals surface area contributed by atoms with Gasteiger partial charge in [0.1, 0.15) is 0 Å². The molecule has 0 atom stereocenters. The first kappa shape index (κ1) is 198. The largest absolute Gasteiger partial charge is 0 e. The molecule has 0 fully saturated rings. The summed E-state index contributed by atoms with van der Waals surface area (Å²) < 4.78 is 0. The summed E-state index contributed by atoms with van der Waals surface area (Å²) in [6, 6.07) is 0. The molecule has 0 aromatic heterocycles. The van der Waals surface area contributed by atoms with Crippen LogP contribution in [0.25, 0.3) is 0 Å². The minimum atomic E-state index is 0. The van der Waals surface area contributed by atoms with Crippen LogP contribution in [-0.2, 0) is 0 Å². The summed E-state index contributed by atoms with van der Waals surface area (Å²) in [5.41, 5.74) is 0. The third kappa shape index (κ3) is 96.1. The van der Waals surface area contributed by atoms with Gasteiger partial charge in [-0.1, -0.05) is 0 Å². The van der Waals surface area contributed by atoms with Crippen LogP contribution in [0, 0.1) is 0 Å². The standard InChI is InChI=1S/6FH.K.Sb.H/h6*1H;;;. The Labute approximate surface area is 102 Å². The Kier molecular flexibility index (Phi) is 3480. The van der Waals surface area contributed by atoms with Crippen LogP contribution in [0.4, 0.5) is 28.2 Å². The molecule has 0 aromatic rings. The van der Waals surface area contributed by atoms with Crippen molar-refractivity contribution in [2.45, 2.75) is 0 Å². The molecule has 8 heavy (non-hydrogen) atoms. The van der Waals surface area contributed by atoms with Crippen molar-refractivity contribution >= 4 is 75.8 Å². The maximum atomic E-state index is 0. The van der Waals surface area contributed by atoms with Crippen LogP contribution >= 0.6 is 0 Å². The maximum Gasteiger partial charge on any atom is 0 e. The summed E-state index contributed by atoms with van der Waals surface area (Å²) in [5.74, 6) is 0. The minimum Gasteiger partial charge on any atom is 0 e. The predicted octanol–water partition coefficient (Wildman–Crippen LogP) is -0.114. The number of rotatable bonds is 0. The molecule has 0 bridgehead atoms. The number of halogens is 6. The van der Waals surface area contributed by atoms with Crippen LogP contribution in [0.1, 0.15) is 0 Å². The van der Waals surface area contributed by atoms with Crippen molar-refractivity contribution in [1.29, 1.82) is 0 Å². The van der Waals surface area contributed by atoms with E-state index < -0.39 is 0 Å². The summed E-state index contributed by atoms with van der Waals surface area (Å²) >= 11 is 0. The summed E-state index contributed by atoms with van der Waals surface area (Å²) in [7, 11) is 0. The van der Waals surface area contributed by atoms with Crippen LogP contribution in [-0.4, -0.2) is 75.8 Å². The van der Waals surface area contributed by atoms with E-state index in [2.05, 4.69) is 0 Å². The average molecular weight is 282 g/mol. The van der Waals surface area contributed by atoms with Crippen molar-refractivity contribution in [2.75, 3.05) is 0 Å². The van der Waals surface area contributed by atoms with E-state index >= 15 is 0 Å². The fourth-order valence-electron chi connectivity index (χ4n) is 0. The molecule has 0 saturated heterocycles. The van der Waals surface area contributed by atoms with Crippen LogP contribution in [0.2, 0.25) is 0 Å². The fraction of sp³-hybridized carbons (Fsp3) is 0. The van der Waals surface area contributed by atoms with Gasteiger partial charge in [0.25, 0.3) is 0 Å². The monoisotopic (exact) mass is 281 g/mol. The first-order valence-electron chi connectivity index (χ1n) is 0. The second-order valence-electron chi connectivity index (χ2n) is 0. The van der Waals surface area contributed by atoms with Gasteiger partial charge in [-0.3, -0.25) is 28.2 Å². The van der Waals surface area contributed by atoms with E-state index in [1.54, 1.807) is 0 Å². The molecular weight excluding hydrogens is 275 g/mol. The quantitative estimate of drug-likeness (QED) is 0.429. The van der Waals surface area contributed by atoms with Gasteiger partial charge >= 0.3 is 51.4 Å². The second kappa shape index (κ2) is 141. The van der Waals surface area contributed by atoms with Crippen molar-refractivity contribution in [3.05, 3.63) is 0 Å². The Morgan fingerprint density at radius 2 is 0.375 bits per heavy atom. The molecule has 8 heteroatoms. The summed E-state index contributed by atoms with van der Waals surface area (Å²) in [4.78, 5) is 0. The van der Waals surface area contributed by atoms with Crippen LogP contribution in [0.3, 0.4) is 0 Å². The van der Waals surface area contributed by atoms with Gasteiger partial charge < -0.3 is 0 Å². The Morgan fingerprint density at radius 1 is 0.375 bits per heavy atom. The molecule has 0 spiro atoms. The molecule has 0 unspecified atom stereocenters. The van der Waals surface area contributed by atoms with Crippen LogP contribution in [0.15, 0.2) is 0 Å². The van der Waals surface area contributed by atoms with E-state index in [0.29, 0.717) is 0 Å². The van der Waals surface area contributed by atoms with E-state index in [0.717, 1.165) is 0 Å². The van der Waals surface area contributed by atoms with Crippen LogP contribution in [0.5, 0.6) is 0 Å². The Morgan fingerprint density at radius 3 is 0.375 bits per heavy atom. The van der Waals surface area contributed by atoms with Gasteiger partial charge in [0.05, 0.1) is 0 Å². The summed E-state index contributed by atoms with van der Waals surface area (Å²) in [5, 5.41) is 0. The number of hydrogen-bond acceptors (Lipinski definition) is 0. The van der Waals surface area contributed by atoms with Gasteiger partial charge in [0, 0.05) is 24.4 Å². The Hall–Kier alpha value is 2.03. The minimum absolute atomic E-state index is 0. The molecule has 55 valence electrons. The van der Waals surface area contributed by atoms with Gasteiger partial charge in [-0.05, 0) is 0 Å². The fourth-order valence-corrected chi connectivity index (χ4v) is 0. The molecule has 0 amide bonds. The normalized spacial score (nSPS) is 0. The van der Waals surface area contributed by atoms with Crippen molar-refractivity contribution in [2.24, 2.45) is 0 Å². The Balaban J connectivity index is 0. The van der Waals surface area contributed by atoms with Crippen LogP contribution < -0.4 is 0 Å². The molecular formula is H7F6KSb. The third-order valence-corrected chi connectivity index (χ3v) is 0. The van der Waals surface area contributed by atoms with E-state index in [1.807, 2.05) is 0 Å². The van der Waals surface area contributed by atoms with Gasteiger partial charge in [-0.15, -0.1) is 0 Å². The first-order valence-corrected chi connectivity index (χ1v) is 0. The summed E-state index contributed by atoms with van der Waals surface area (Å²) in [6.07, 6.45) is 0. The predicted molar refractivity (Wildman–Crippen MR) is 27.9 cm³/mol. The third-order valence-electron chi connectivity index (χ3n) is 0. The topological polar surface area (TPSA) is 0 Å². The van der Waals surface area contributed by atoms with Gasteiger partial charge in [-0.25, -0.2) is 0 Å². The van der Waals surface area contributed by atoms with E-state index in [9.17, 15) is 0 Å². The average Bonchev–Trinajstić information content (AvgIpc) is 0. The molecule has 0 aliphatic heterocycles. The first-order chi connectivity index (χ1) is 0. The van der Waals surface area contributed by atoms with Crippen molar-refractivity contribution < 1.29 is 28.2 Å². The van der Waals surface area contributed by atoms with E-state index in [4.69, 9.17) is 0 Å². The second-order valence-corrected chi connectivity index (χ2v) is 0. The molecule has 0 aliphatic carbocycles. The summed E-state index contributed by atoms with van der Waals surface area (Å²) in [6.45, 7) is 0. The molecule has 0 nitrogen and oxygen atoms in total. The maximum absolute atomic E-state index is 0. The van der Waals surface area contributed by atoms with Gasteiger partial charge in [0.15, 0.2) is 0 Å². The number of hydrogen-bond donors (Lipinski definition) is 0. The van der Waals surface area contributed by atoms with E-state index in [-0.39, 0.29) is 104 Å². The molecule has 0 rings (SSSR count). The SMILES string of the molecule is F.F.F.F.F.F.[KH].[Sb]. The zero-order valence-corrected chi connectivity index (χ0v) is 5.45. The molecule has 0 aliphatic rings. The van der Waals surface area contributed by atoms with Gasteiger partial charge in [-0.2, -0.15) is 0 Å². The van der Waals surface area contributed by atoms with Gasteiger partial charge in [0.2, 0.25) is 0 Å². The molecule has 0 aromatic carbocycles. The van der Waals surface area contributed by atoms with E-state index in [1.165, 1.54) is 0 Å². The zero-order chi connectivity index (χ0) is 0.